The summed E-state index contributed by atoms with van der Waals surface area (Å²) in [5, 5.41) is 11.7. The minimum atomic E-state index is -4.55. The Balaban J connectivity index is 1.87. The van der Waals surface area contributed by atoms with Crippen LogP contribution in [0.4, 0.5) is 24.8 Å². The molecule has 0 saturated carbocycles. The highest BCUT2D eigenvalue weighted by Crippen LogP contribution is 2.30. The zero-order valence-corrected chi connectivity index (χ0v) is 15.5. The van der Waals surface area contributed by atoms with Gasteiger partial charge in [0.25, 0.3) is 0 Å². The van der Waals surface area contributed by atoms with Crippen molar-refractivity contribution >= 4 is 17.6 Å². The summed E-state index contributed by atoms with van der Waals surface area (Å²) in [5.74, 6) is -1.01. The van der Waals surface area contributed by atoms with Gasteiger partial charge in [0.05, 0.1) is 0 Å². The number of aliphatic carboxylic acids is 1. The van der Waals surface area contributed by atoms with Crippen LogP contribution in [0.25, 0.3) is 11.1 Å². The molecule has 2 aromatic carbocycles. The van der Waals surface area contributed by atoms with Gasteiger partial charge in [0.2, 0.25) is 5.95 Å². The Morgan fingerprint density at radius 2 is 1.90 bits per heavy atom. The maximum Gasteiger partial charge on any atom is 0.433 e. The number of aromatic nitrogens is 2. The van der Waals surface area contributed by atoms with Crippen molar-refractivity contribution in [2.24, 2.45) is 0 Å². The van der Waals surface area contributed by atoms with Crippen LogP contribution in [0, 0.1) is 6.92 Å². The fraction of sp³-hybridized carbons (Fsp3) is 0.190. The van der Waals surface area contributed by atoms with Gasteiger partial charge in [-0.3, -0.25) is 4.79 Å². The highest BCUT2D eigenvalue weighted by molar-refractivity contribution is 5.73. The molecule has 5 nitrogen and oxygen atoms in total. The van der Waals surface area contributed by atoms with Crippen molar-refractivity contribution in [2.45, 2.75) is 25.9 Å². The van der Waals surface area contributed by atoms with E-state index in [-0.39, 0.29) is 12.4 Å². The molecule has 29 heavy (non-hydrogen) atoms. The molecular weight excluding hydrogens is 383 g/mol. The monoisotopic (exact) mass is 401 g/mol. The minimum absolute atomic E-state index is 0.0404. The van der Waals surface area contributed by atoms with Crippen LogP contribution in [0.1, 0.15) is 23.2 Å². The van der Waals surface area contributed by atoms with Gasteiger partial charge in [-0.25, -0.2) is 9.97 Å². The summed E-state index contributed by atoms with van der Waals surface area (Å²) >= 11 is 0. The second-order valence-corrected chi connectivity index (χ2v) is 6.45. The zero-order valence-electron chi connectivity index (χ0n) is 15.5. The number of nitrogens with zero attached hydrogens (tertiary/aromatic N) is 2. The molecule has 0 radical (unpaired) electrons. The van der Waals surface area contributed by atoms with Crippen molar-refractivity contribution in [2.75, 3.05) is 5.32 Å². The number of aryl methyl sites for hydroxylation is 1. The molecule has 0 amide bonds. The van der Waals surface area contributed by atoms with Crippen molar-refractivity contribution in [1.82, 2.24) is 9.97 Å². The summed E-state index contributed by atoms with van der Waals surface area (Å²) in [7, 11) is 0. The molecule has 2 N–H and O–H groups in total. The number of halogens is 3. The summed E-state index contributed by atoms with van der Waals surface area (Å²) in [6, 6.07) is 13.6. The Bertz CT molecular complexity index is 1040. The molecule has 1 aromatic heterocycles. The third-order valence-electron chi connectivity index (χ3n) is 4.43. The SMILES string of the molecule is Cc1c(CCC(=O)O)cccc1-c1cccc(Nc2nccc(C(F)(F)F)n2)c1. The van der Waals surface area contributed by atoms with Crippen molar-refractivity contribution in [3.05, 3.63) is 71.5 Å². The van der Waals surface area contributed by atoms with E-state index in [0.717, 1.165) is 34.5 Å². The molecule has 150 valence electrons. The summed E-state index contributed by atoms with van der Waals surface area (Å²) in [6.07, 6.45) is -3.03. The smallest absolute Gasteiger partial charge is 0.433 e. The molecule has 3 rings (SSSR count). The molecule has 0 saturated heterocycles. The normalized spacial score (nSPS) is 11.3. The van der Waals surface area contributed by atoms with Crippen molar-refractivity contribution < 1.29 is 23.1 Å². The van der Waals surface area contributed by atoms with Gasteiger partial charge >= 0.3 is 12.1 Å². The van der Waals surface area contributed by atoms with Gasteiger partial charge in [-0.15, -0.1) is 0 Å². The van der Waals surface area contributed by atoms with Crippen molar-refractivity contribution in [3.63, 3.8) is 0 Å². The van der Waals surface area contributed by atoms with E-state index in [0.29, 0.717) is 12.1 Å². The number of anilines is 2. The third kappa shape index (κ3) is 5.10. The number of carboxylic acids is 1. The molecule has 0 aliphatic rings. The summed E-state index contributed by atoms with van der Waals surface area (Å²) in [6.45, 7) is 1.92. The number of benzene rings is 2. The second-order valence-electron chi connectivity index (χ2n) is 6.45. The quantitative estimate of drug-likeness (QED) is 0.591. The van der Waals surface area contributed by atoms with Gasteiger partial charge in [-0.05, 0) is 53.8 Å². The van der Waals surface area contributed by atoms with E-state index >= 15 is 0 Å². The van der Waals surface area contributed by atoms with Gasteiger partial charge in [-0.2, -0.15) is 13.2 Å². The maximum absolute atomic E-state index is 12.8. The second kappa shape index (κ2) is 8.30. The van der Waals surface area contributed by atoms with Crippen LogP contribution in [-0.4, -0.2) is 21.0 Å². The summed E-state index contributed by atoms with van der Waals surface area (Å²) in [4.78, 5) is 18.2. The molecule has 8 heteroatoms. The number of hydrogen-bond acceptors (Lipinski definition) is 4. The van der Waals surface area contributed by atoms with Gasteiger partial charge in [0.1, 0.15) is 5.69 Å². The lowest BCUT2D eigenvalue weighted by molar-refractivity contribution is -0.141. The van der Waals surface area contributed by atoms with Gasteiger partial charge in [0, 0.05) is 18.3 Å². The highest BCUT2D eigenvalue weighted by Gasteiger charge is 2.32. The first-order valence-electron chi connectivity index (χ1n) is 8.82. The molecule has 3 aromatic rings. The molecule has 0 spiro atoms. The zero-order chi connectivity index (χ0) is 21.0. The van der Waals surface area contributed by atoms with Gasteiger partial charge < -0.3 is 10.4 Å². The fourth-order valence-corrected chi connectivity index (χ4v) is 2.98. The predicted molar refractivity (Wildman–Crippen MR) is 103 cm³/mol. The Kier molecular flexibility index (Phi) is 5.81. The lowest BCUT2D eigenvalue weighted by Crippen LogP contribution is -2.10. The summed E-state index contributed by atoms with van der Waals surface area (Å²) < 4.78 is 38.5. The van der Waals surface area contributed by atoms with E-state index in [1.165, 1.54) is 0 Å². The van der Waals surface area contributed by atoms with Gasteiger partial charge in [0.15, 0.2) is 0 Å². The van der Waals surface area contributed by atoms with E-state index < -0.39 is 17.8 Å². The van der Waals surface area contributed by atoms with Crippen LogP contribution in [0.5, 0.6) is 0 Å². The van der Waals surface area contributed by atoms with Crippen LogP contribution in [0.2, 0.25) is 0 Å². The van der Waals surface area contributed by atoms with E-state index in [9.17, 15) is 18.0 Å². The summed E-state index contributed by atoms with van der Waals surface area (Å²) in [5.41, 5.74) is 3.18. The Labute approximate surface area is 165 Å². The first-order valence-corrected chi connectivity index (χ1v) is 8.82. The average molecular weight is 401 g/mol. The first-order chi connectivity index (χ1) is 13.7. The van der Waals surface area contributed by atoms with Gasteiger partial charge in [-0.1, -0.05) is 30.3 Å². The van der Waals surface area contributed by atoms with Crippen LogP contribution in [-0.2, 0) is 17.4 Å². The van der Waals surface area contributed by atoms with E-state index in [1.807, 2.05) is 31.2 Å². The molecule has 0 aliphatic carbocycles. The first kappa shape index (κ1) is 20.3. The molecule has 0 bridgehead atoms. The van der Waals surface area contributed by atoms with E-state index in [4.69, 9.17) is 5.11 Å². The Hall–Kier alpha value is -3.42. The van der Waals surface area contributed by atoms with Crippen LogP contribution < -0.4 is 5.32 Å². The molecular formula is C21H18F3N3O2. The molecule has 1 heterocycles. The number of carbonyl (C=O) groups is 1. The molecule has 0 fully saturated rings. The van der Waals surface area contributed by atoms with E-state index in [2.05, 4.69) is 15.3 Å². The number of alkyl halides is 3. The lowest BCUT2D eigenvalue weighted by atomic mass is 9.94. The molecule has 0 aliphatic heterocycles. The average Bonchev–Trinajstić information content (AvgIpc) is 2.67. The van der Waals surface area contributed by atoms with Crippen molar-refractivity contribution in [3.8, 4) is 11.1 Å². The third-order valence-corrected chi connectivity index (χ3v) is 4.43. The molecule has 0 atom stereocenters. The topological polar surface area (TPSA) is 75.1 Å². The van der Waals surface area contributed by atoms with Crippen molar-refractivity contribution in [1.29, 1.82) is 0 Å². The number of carboxylic acid groups (broad SMARTS) is 1. The minimum Gasteiger partial charge on any atom is -0.481 e. The lowest BCUT2D eigenvalue weighted by Gasteiger charge is -2.13. The number of rotatable bonds is 6. The number of hydrogen-bond donors (Lipinski definition) is 2. The standard InChI is InChI=1S/C21H18F3N3O2/c1-13-14(8-9-19(28)29)4-3-7-17(13)15-5-2-6-16(12-15)26-20-25-11-10-18(27-20)21(22,23)24/h2-7,10-12H,8-9H2,1H3,(H,28,29)(H,25,26,27). The van der Waals surface area contributed by atoms with Crippen LogP contribution >= 0.6 is 0 Å². The maximum atomic E-state index is 12.8. The van der Waals surface area contributed by atoms with Crippen LogP contribution in [0.15, 0.2) is 54.7 Å². The highest BCUT2D eigenvalue weighted by atomic mass is 19.4. The predicted octanol–water partition coefficient (Wildman–Crippen LogP) is 5.23. The number of nitrogens with one attached hydrogen (secondary N) is 1. The van der Waals surface area contributed by atoms with Crippen LogP contribution in [0.3, 0.4) is 0 Å². The Morgan fingerprint density at radius 3 is 2.62 bits per heavy atom. The molecule has 0 unspecified atom stereocenters. The Morgan fingerprint density at radius 1 is 1.14 bits per heavy atom. The van der Waals surface area contributed by atoms with E-state index in [1.54, 1.807) is 18.2 Å². The fourth-order valence-electron chi connectivity index (χ4n) is 2.98. The largest absolute Gasteiger partial charge is 0.481 e.